The van der Waals surface area contributed by atoms with E-state index in [1.54, 1.807) is 37.4 Å². The molecule has 0 atom stereocenters. The van der Waals surface area contributed by atoms with E-state index in [1.165, 1.54) is 17.0 Å². The first-order valence-electron chi connectivity index (χ1n) is 9.08. The maximum atomic E-state index is 12.4. The van der Waals surface area contributed by atoms with Crippen LogP contribution >= 0.6 is 0 Å². The first-order valence-corrected chi connectivity index (χ1v) is 10.6. The quantitative estimate of drug-likeness (QED) is 0.643. The third-order valence-corrected chi connectivity index (χ3v) is 6.16. The Morgan fingerprint density at radius 3 is 2.38 bits per heavy atom. The number of methoxy groups -OCH3 is 1. The maximum absolute atomic E-state index is 12.4. The second-order valence-electron chi connectivity index (χ2n) is 6.68. The van der Waals surface area contributed by atoms with E-state index in [2.05, 4.69) is 9.71 Å². The molecular formula is C21H23N3O4S. The smallest absolute Gasteiger partial charge is 0.253 e. The second kappa shape index (κ2) is 8.59. The van der Waals surface area contributed by atoms with E-state index in [4.69, 9.17) is 4.74 Å². The van der Waals surface area contributed by atoms with Crippen molar-refractivity contribution < 1.29 is 13.2 Å². The van der Waals surface area contributed by atoms with E-state index < -0.39 is 10.0 Å². The number of hydrogen-bond acceptors (Lipinski definition) is 5. The lowest BCUT2D eigenvalue weighted by Crippen LogP contribution is -2.31. The molecule has 3 rings (SSSR count). The molecule has 8 heteroatoms. The molecule has 7 nitrogen and oxygen atoms in total. The van der Waals surface area contributed by atoms with Gasteiger partial charge in [-0.1, -0.05) is 6.07 Å². The Labute approximate surface area is 170 Å². The van der Waals surface area contributed by atoms with Crippen LogP contribution in [0.3, 0.4) is 0 Å². The number of benzene rings is 2. The van der Waals surface area contributed by atoms with E-state index in [0.29, 0.717) is 5.69 Å². The number of ether oxygens (including phenoxy) is 1. The average molecular weight is 413 g/mol. The van der Waals surface area contributed by atoms with E-state index in [9.17, 15) is 13.2 Å². The van der Waals surface area contributed by atoms with Crippen molar-refractivity contribution >= 4 is 10.0 Å². The minimum absolute atomic E-state index is 0.0821. The lowest BCUT2D eigenvalue weighted by atomic mass is 10.1. The van der Waals surface area contributed by atoms with Crippen molar-refractivity contribution in [2.24, 2.45) is 0 Å². The number of nitrogens with zero attached hydrogens (tertiary/aromatic N) is 2. The van der Waals surface area contributed by atoms with Crippen molar-refractivity contribution in [3.63, 3.8) is 0 Å². The molecule has 0 aliphatic rings. The van der Waals surface area contributed by atoms with Crippen LogP contribution in [0.25, 0.3) is 11.3 Å². The predicted molar refractivity (Wildman–Crippen MR) is 112 cm³/mol. The zero-order valence-electron chi connectivity index (χ0n) is 16.5. The van der Waals surface area contributed by atoms with Crippen molar-refractivity contribution in [2.45, 2.75) is 25.3 Å². The van der Waals surface area contributed by atoms with Crippen molar-refractivity contribution in [2.75, 3.05) is 13.7 Å². The summed E-state index contributed by atoms with van der Waals surface area (Å²) in [6.45, 7) is 4.05. The molecule has 1 N–H and O–H groups in total. The van der Waals surface area contributed by atoms with Crippen LogP contribution in [0.15, 0.2) is 64.5 Å². The van der Waals surface area contributed by atoms with Crippen molar-refractivity contribution in [3.05, 3.63) is 76.3 Å². The molecule has 29 heavy (non-hydrogen) atoms. The van der Waals surface area contributed by atoms with Gasteiger partial charge in [-0.2, -0.15) is 0 Å². The van der Waals surface area contributed by atoms with Crippen LogP contribution in [-0.2, 0) is 16.6 Å². The van der Waals surface area contributed by atoms with Crippen molar-refractivity contribution in [1.82, 2.24) is 14.3 Å². The van der Waals surface area contributed by atoms with E-state index in [0.717, 1.165) is 22.4 Å². The predicted octanol–water partition coefficient (Wildman–Crippen LogP) is 2.51. The van der Waals surface area contributed by atoms with Gasteiger partial charge in [0.1, 0.15) is 5.75 Å². The third-order valence-electron chi connectivity index (χ3n) is 4.70. The Kier molecular flexibility index (Phi) is 6.14. The summed E-state index contributed by atoms with van der Waals surface area (Å²) in [7, 11) is -2.05. The molecule has 0 spiro atoms. The molecule has 152 valence electrons. The van der Waals surface area contributed by atoms with Gasteiger partial charge in [0.15, 0.2) is 0 Å². The summed E-state index contributed by atoms with van der Waals surface area (Å²) in [6.07, 6.45) is 1.42. The van der Waals surface area contributed by atoms with Gasteiger partial charge in [-0.15, -0.1) is 0 Å². The number of aromatic nitrogens is 2. The van der Waals surface area contributed by atoms with Gasteiger partial charge in [0, 0.05) is 24.7 Å². The van der Waals surface area contributed by atoms with Gasteiger partial charge in [-0.3, -0.25) is 9.36 Å². The maximum Gasteiger partial charge on any atom is 0.253 e. The standard InChI is InChI=1S/C21H23N3O4S/c1-15-4-9-19(12-16(15)2)29(26,27)23-10-11-24-14-22-20(13-21(24)25)17-5-7-18(28-3)8-6-17/h4-9,12-14,23H,10-11H2,1-3H3. The number of nitrogens with one attached hydrogen (secondary N) is 1. The summed E-state index contributed by atoms with van der Waals surface area (Å²) in [6, 6.07) is 13.6. The fourth-order valence-corrected chi connectivity index (χ4v) is 3.88. The lowest BCUT2D eigenvalue weighted by Gasteiger charge is -2.10. The van der Waals surface area contributed by atoms with Crippen LogP contribution in [0.5, 0.6) is 5.75 Å². The highest BCUT2D eigenvalue weighted by Gasteiger charge is 2.14. The van der Waals surface area contributed by atoms with Crippen LogP contribution in [0.4, 0.5) is 0 Å². The SMILES string of the molecule is COc1ccc(-c2cc(=O)n(CCNS(=O)(=O)c3ccc(C)c(C)c3)cn2)cc1. The molecule has 0 amide bonds. The molecule has 0 aliphatic heterocycles. The van der Waals surface area contributed by atoms with Gasteiger partial charge in [-0.05, 0) is 61.4 Å². The van der Waals surface area contributed by atoms with Gasteiger partial charge in [0.2, 0.25) is 10.0 Å². The number of rotatable bonds is 7. The second-order valence-corrected chi connectivity index (χ2v) is 8.45. The largest absolute Gasteiger partial charge is 0.497 e. The molecule has 0 saturated heterocycles. The highest BCUT2D eigenvalue weighted by Crippen LogP contribution is 2.19. The zero-order valence-corrected chi connectivity index (χ0v) is 17.4. The Bertz CT molecular complexity index is 1170. The van der Waals surface area contributed by atoms with Gasteiger partial charge < -0.3 is 4.74 Å². The summed E-state index contributed by atoms with van der Waals surface area (Å²) < 4.78 is 33.9. The highest BCUT2D eigenvalue weighted by molar-refractivity contribution is 7.89. The van der Waals surface area contributed by atoms with Gasteiger partial charge >= 0.3 is 0 Å². The Morgan fingerprint density at radius 2 is 1.76 bits per heavy atom. The molecule has 2 aromatic carbocycles. The van der Waals surface area contributed by atoms with Gasteiger partial charge in [0.25, 0.3) is 5.56 Å². The number of hydrogen-bond donors (Lipinski definition) is 1. The van der Waals surface area contributed by atoms with E-state index >= 15 is 0 Å². The molecule has 0 radical (unpaired) electrons. The van der Waals surface area contributed by atoms with Crippen molar-refractivity contribution in [3.8, 4) is 17.0 Å². The Hall–Kier alpha value is -2.97. The average Bonchev–Trinajstić information content (AvgIpc) is 2.71. The third kappa shape index (κ3) is 4.90. The van der Waals surface area contributed by atoms with Crippen LogP contribution < -0.4 is 15.0 Å². The molecule has 0 saturated carbocycles. The number of aryl methyl sites for hydroxylation is 2. The topological polar surface area (TPSA) is 90.3 Å². The van der Waals surface area contributed by atoms with Crippen LogP contribution in [-0.4, -0.2) is 31.6 Å². The molecule has 3 aromatic rings. The van der Waals surface area contributed by atoms with E-state index in [1.807, 2.05) is 26.0 Å². The zero-order chi connectivity index (χ0) is 21.0. The summed E-state index contributed by atoms with van der Waals surface area (Å²) in [4.78, 5) is 16.9. The van der Waals surface area contributed by atoms with Gasteiger partial charge in [0.05, 0.1) is 24.0 Å². The molecule has 1 aromatic heterocycles. The summed E-state index contributed by atoms with van der Waals surface area (Å²) in [5.41, 5.74) is 3.02. The Balaban J connectivity index is 1.67. The minimum Gasteiger partial charge on any atom is -0.497 e. The lowest BCUT2D eigenvalue weighted by molar-refractivity contribution is 0.415. The van der Waals surface area contributed by atoms with Crippen LogP contribution in [0.2, 0.25) is 0 Å². The summed E-state index contributed by atoms with van der Waals surface area (Å²) in [5, 5.41) is 0. The normalized spacial score (nSPS) is 11.4. The fourth-order valence-electron chi connectivity index (χ4n) is 2.78. The minimum atomic E-state index is -3.64. The molecule has 0 aliphatic carbocycles. The highest BCUT2D eigenvalue weighted by atomic mass is 32.2. The summed E-state index contributed by atoms with van der Waals surface area (Å²) in [5.74, 6) is 0.721. The molecule has 0 fully saturated rings. The fraction of sp³-hybridized carbons (Fsp3) is 0.238. The molecular weight excluding hydrogens is 390 g/mol. The Morgan fingerprint density at radius 1 is 1.03 bits per heavy atom. The van der Waals surface area contributed by atoms with Crippen LogP contribution in [0, 0.1) is 13.8 Å². The monoisotopic (exact) mass is 413 g/mol. The van der Waals surface area contributed by atoms with E-state index in [-0.39, 0.29) is 23.5 Å². The first-order chi connectivity index (χ1) is 13.8. The van der Waals surface area contributed by atoms with Crippen LogP contribution in [0.1, 0.15) is 11.1 Å². The molecule has 1 heterocycles. The number of sulfonamides is 1. The molecule has 0 bridgehead atoms. The van der Waals surface area contributed by atoms with Crippen molar-refractivity contribution in [1.29, 1.82) is 0 Å². The first kappa shape index (κ1) is 20.8. The van der Waals surface area contributed by atoms with Gasteiger partial charge in [-0.25, -0.2) is 18.1 Å². The summed E-state index contributed by atoms with van der Waals surface area (Å²) >= 11 is 0. The molecule has 0 unspecified atom stereocenters.